The Morgan fingerprint density at radius 1 is 2.00 bits per heavy atom. The van der Waals surface area contributed by atoms with E-state index in [9.17, 15) is 0 Å². The molecule has 0 spiro atoms. The third-order valence-electron chi connectivity index (χ3n) is 0.0527. The first-order valence-corrected chi connectivity index (χ1v) is 0.675. The van der Waals surface area contributed by atoms with Gasteiger partial charge < -0.3 is 0 Å². The molecule has 3 nitrogen and oxygen atoms in total. The molecular formula is H2BNO2. The highest BCUT2D eigenvalue weighted by molar-refractivity contribution is 6.03. The van der Waals surface area contributed by atoms with Crippen LogP contribution in [0.2, 0.25) is 0 Å². The lowest BCUT2D eigenvalue weighted by Crippen LogP contribution is -2.03. The fourth-order valence-corrected chi connectivity index (χ4v) is 0. The van der Waals surface area contributed by atoms with E-state index in [0.29, 0.717) is 0 Å². The Hall–Kier alpha value is -0.0551. The van der Waals surface area contributed by atoms with Gasteiger partial charge >= 0.3 is 0 Å². The van der Waals surface area contributed by atoms with Crippen LogP contribution in [-0.2, 0) is 4.99 Å². The Kier molecular flexibility index (Phi) is 2.90. The molecule has 0 aromatic heterocycles. The number of hydrogen-bond acceptors (Lipinski definition) is 3. The zero-order valence-corrected chi connectivity index (χ0v) is 1.93. The molecule has 0 atom stereocenters. The van der Waals surface area contributed by atoms with E-state index in [0.717, 1.165) is 0 Å². The molecule has 0 rings (SSSR count). The Bertz CT molecular complexity index is 8.00. The third kappa shape index (κ3) is 1.94. The van der Waals surface area contributed by atoms with Crippen molar-refractivity contribution in [3.05, 3.63) is 0 Å². The minimum absolute atomic E-state index is 1.49. The topological polar surface area (TPSA) is 41.5 Å². The molecule has 0 amide bonds. The van der Waals surface area contributed by atoms with Gasteiger partial charge in [-0.25, -0.2) is 10.6 Å². The maximum Gasteiger partial charge on any atom is 0.223 e. The summed E-state index contributed by atoms with van der Waals surface area (Å²) < 4.78 is 0. The minimum Gasteiger partial charge on any atom is -0.234 e. The van der Waals surface area contributed by atoms with Crippen LogP contribution < -0.4 is 5.39 Å². The van der Waals surface area contributed by atoms with E-state index < -0.39 is 0 Å². The van der Waals surface area contributed by atoms with Crippen molar-refractivity contribution in [3.63, 3.8) is 0 Å². The molecule has 0 aliphatic rings. The summed E-state index contributed by atoms with van der Waals surface area (Å²) in [6, 6.07) is 0. The first kappa shape index (κ1) is 3.94. The van der Waals surface area contributed by atoms with Crippen LogP contribution in [0, 0.1) is 0 Å². The Balaban J connectivity index is 1.97. The van der Waals surface area contributed by atoms with Gasteiger partial charge in [0, 0.05) is 0 Å². The normalized spacial score (nSPS) is 7.25. The Morgan fingerprint density at radius 2 is 2.25 bits per heavy atom. The quantitative estimate of drug-likeness (QED) is 0.233. The van der Waals surface area contributed by atoms with Crippen molar-refractivity contribution in [2.24, 2.45) is 0 Å². The molecule has 0 unspecified atom stereocenters. The van der Waals surface area contributed by atoms with E-state index >= 15 is 0 Å². The highest BCUT2D eigenvalue weighted by Gasteiger charge is 1.49. The van der Waals surface area contributed by atoms with E-state index in [1.807, 2.05) is 0 Å². The Labute approximate surface area is 24.9 Å². The monoisotopic (exact) mass is 59.0 g/mol. The molecule has 0 aliphatic carbocycles. The lowest BCUT2D eigenvalue weighted by atomic mass is 10.5. The molecule has 0 bridgehead atoms. The lowest BCUT2D eigenvalue weighted by Gasteiger charge is -1.77. The van der Waals surface area contributed by atoms with Crippen LogP contribution >= 0.6 is 0 Å². The predicted molar refractivity (Wildman–Crippen MR) is 12.6 cm³/mol. The van der Waals surface area contributed by atoms with Gasteiger partial charge in [0.1, 0.15) is 0 Å². The van der Waals surface area contributed by atoms with E-state index in [4.69, 9.17) is 5.26 Å². The second kappa shape index (κ2) is 2.94. The van der Waals surface area contributed by atoms with Gasteiger partial charge in [-0.05, 0) is 0 Å². The lowest BCUT2D eigenvalue weighted by molar-refractivity contribution is -0.269. The smallest absolute Gasteiger partial charge is 0.223 e. The van der Waals surface area contributed by atoms with E-state index in [1.54, 1.807) is 0 Å². The molecular weight excluding hydrogens is 56.8 g/mol. The predicted octanol–water partition coefficient (Wildman–Crippen LogP) is -0.936. The van der Waals surface area contributed by atoms with Crippen molar-refractivity contribution in [1.82, 2.24) is 5.39 Å². The molecule has 0 saturated heterocycles. The van der Waals surface area contributed by atoms with Crippen molar-refractivity contribution >= 4 is 7.98 Å². The maximum atomic E-state index is 7.14. The summed E-state index contributed by atoms with van der Waals surface area (Å²) in [6.45, 7) is 0. The number of hydrogen-bond donors (Lipinski definition) is 2. The molecule has 0 saturated carbocycles. The molecule has 4 heteroatoms. The number of rotatable bonds is 1. The van der Waals surface area contributed by atoms with Crippen molar-refractivity contribution < 1.29 is 10.2 Å². The fraction of sp³-hybridized carbons (Fsp3) is 0. The minimum atomic E-state index is 1.49. The van der Waals surface area contributed by atoms with Crippen LogP contribution in [0.25, 0.3) is 0 Å². The van der Waals surface area contributed by atoms with Crippen LogP contribution in [-0.4, -0.2) is 13.2 Å². The largest absolute Gasteiger partial charge is 0.234 e. The van der Waals surface area contributed by atoms with Gasteiger partial charge in [-0.15, -0.1) is 0 Å². The van der Waals surface area contributed by atoms with Gasteiger partial charge in [0.25, 0.3) is 0 Å². The summed E-state index contributed by atoms with van der Waals surface area (Å²) in [5.41, 5.74) is 0. The first-order chi connectivity index (χ1) is 1.91. The summed E-state index contributed by atoms with van der Waals surface area (Å²) >= 11 is 0. The molecule has 0 aliphatic heterocycles. The summed E-state index contributed by atoms with van der Waals surface area (Å²) in [4.78, 5) is 3.07. The van der Waals surface area contributed by atoms with Crippen molar-refractivity contribution in [1.29, 1.82) is 0 Å². The standard InChI is InChI=1S/BH2NO2/c1-2-4-3/h2-3H. The molecule has 2 N–H and O–H groups in total. The summed E-state index contributed by atoms with van der Waals surface area (Å²) in [6.07, 6.45) is 0. The summed E-state index contributed by atoms with van der Waals surface area (Å²) in [7, 11) is 4.31. The Morgan fingerprint density at radius 3 is 2.25 bits per heavy atom. The SMILES string of the molecule is [B]NOO. The molecule has 0 aromatic rings. The molecule has 0 fully saturated rings. The summed E-state index contributed by atoms with van der Waals surface area (Å²) in [5, 5.41) is 8.62. The van der Waals surface area contributed by atoms with Gasteiger partial charge in [0.15, 0.2) is 0 Å². The zero-order valence-electron chi connectivity index (χ0n) is 1.93. The van der Waals surface area contributed by atoms with Crippen LogP contribution in [0.1, 0.15) is 0 Å². The zero-order chi connectivity index (χ0) is 3.41. The van der Waals surface area contributed by atoms with Crippen molar-refractivity contribution in [2.45, 2.75) is 0 Å². The molecule has 0 heterocycles. The van der Waals surface area contributed by atoms with Gasteiger partial charge in [0.05, 0.1) is 0 Å². The maximum absolute atomic E-state index is 7.14. The van der Waals surface area contributed by atoms with Crippen LogP contribution in [0.15, 0.2) is 0 Å². The van der Waals surface area contributed by atoms with Gasteiger partial charge in [-0.3, -0.25) is 0 Å². The average molecular weight is 58.8 g/mol. The second-order valence-corrected chi connectivity index (χ2v) is 0.209. The van der Waals surface area contributed by atoms with Crippen molar-refractivity contribution in [2.75, 3.05) is 0 Å². The van der Waals surface area contributed by atoms with Gasteiger partial charge in [-0.2, -0.15) is 4.99 Å². The second-order valence-electron chi connectivity index (χ2n) is 0.209. The van der Waals surface area contributed by atoms with Crippen molar-refractivity contribution in [3.8, 4) is 0 Å². The highest BCUT2D eigenvalue weighted by atomic mass is 17.2. The summed E-state index contributed by atoms with van der Waals surface area (Å²) in [5.74, 6) is 0. The van der Waals surface area contributed by atoms with Gasteiger partial charge in [-0.1, -0.05) is 0 Å². The van der Waals surface area contributed by atoms with E-state index in [1.165, 1.54) is 5.39 Å². The van der Waals surface area contributed by atoms with E-state index in [-0.39, 0.29) is 0 Å². The highest BCUT2D eigenvalue weighted by Crippen LogP contribution is 1.29. The first-order valence-electron chi connectivity index (χ1n) is 0.675. The average Bonchev–Trinajstić information content (AvgIpc) is 1.37. The molecule has 0 aromatic carbocycles. The van der Waals surface area contributed by atoms with E-state index in [2.05, 4.69) is 13.0 Å². The molecule has 22 valence electrons. The van der Waals surface area contributed by atoms with Gasteiger partial charge in [0.2, 0.25) is 7.98 Å². The molecule has 2 radical (unpaired) electrons. The number of nitrogens with one attached hydrogen (secondary N) is 1. The van der Waals surface area contributed by atoms with Crippen LogP contribution in [0.5, 0.6) is 0 Å². The molecule has 4 heavy (non-hydrogen) atoms. The van der Waals surface area contributed by atoms with Crippen LogP contribution in [0.3, 0.4) is 0 Å². The fourth-order valence-electron chi connectivity index (χ4n) is 0. The van der Waals surface area contributed by atoms with Crippen LogP contribution in [0.4, 0.5) is 0 Å². The third-order valence-corrected chi connectivity index (χ3v) is 0.0527.